The number of hydrogen-bond donors (Lipinski definition) is 1. The molecule has 29 heavy (non-hydrogen) atoms. The van der Waals surface area contributed by atoms with Crippen LogP contribution in [-0.2, 0) is 6.61 Å². The molecule has 5 heteroatoms. The van der Waals surface area contributed by atoms with Gasteiger partial charge in [-0.05, 0) is 66.3 Å². The Morgan fingerprint density at radius 1 is 0.966 bits per heavy atom. The number of nitrogens with zero attached hydrogens (tertiary/aromatic N) is 1. The van der Waals surface area contributed by atoms with E-state index in [2.05, 4.69) is 4.98 Å². The first-order valence-corrected chi connectivity index (χ1v) is 9.51. The van der Waals surface area contributed by atoms with Crippen LogP contribution < -0.4 is 4.74 Å². The van der Waals surface area contributed by atoms with Crippen LogP contribution in [0.4, 0.5) is 4.39 Å². The van der Waals surface area contributed by atoms with E-state index in [1.807, 2.05) is 30.3 Å². The Morgan fingerprint density at radius 3 is 2.52 bits per heavy atom. The molecule has 146 valence electrons. The Balaban J connectivity index is 1.66. The summed E-state index contributed by atoms with van der Waals surface area (Å²) in [7, 11) is 0. The molecule has 1 N–H and O–H groups in total. The average Bonchev–Trinajstić information content (AvgIpc) is 3.23. The van der Waals surface area contributed by atoms with E-state index in [-0.39, 0.29) is 11.5 Å². The summed E-state index contributed by atoms with van der Waals surface area (Å²) < 4.78 is 19.2. The first-order chi connectivity index (χ1) is 14.1. The van der Waals surface area contributed by atoms with Crippen molar-refractivity contribution in [2.45, 2.75) is 25.9 Å². The van der Waals surface area contributed by atoms with E-state index in [4.69, 9.17) is 4.74 Å². The summed E-state index contributed by atoms with van der Waals surface area (Å²) in [6, 6.07) is 19.2. The maximum absolute atomic E-state index is 13.1. The van der Waals surface area contributed by atoms with Gasteiger partial charge in [-0.2, -0.15) is 0 Å². The van der Waals surface area contributed by atoms with Crippen molar-refractivity contribution in [2.24, 2.45) is 0 Å². The molecule has 0 saturated carbocycles. The molecule has 3 aromatic rings. The van der Waals surface area contributed by atoms with Crippen LogP contribution in [0.2, 0.25) is 0 Å². The molecule has 0 bridgehead atoms. The summed E-state index contributed by atoms with van der Waals surface area (Å²) >= 11 is 0. The van der Waals surface area contributed by atoms with Crippen molar-refractivity contribution >= 4 is 17.1 Å². The lowest BCUT2D eigenvalue weighted by Crippen LogP contribution is -2.02. The molecule has 0 saturated heterocycles. The largest absolute Gasteiger partial charge is 0.488 e. The zero-order valence-electron chi connectivity index (χ0n) is 15.8. The molecule has 0 aliphatic heterocycles. The minimum Gasteiger partial charge on any atom is -0.488 e. The van der Waals surface area contributed by atoms with Gasteiger partial charge in [0.1, 0.15) is 23.9 Å². The summed E-state index contributed by atoms with van der Waals surface area (Å²) in [6.45, 7) is 0.340. The molecule has 0 spiro atoms. The minimum atomic E-state index is -1.03. The number of aromatic nitrogens is 1. The molecule has 0 atom stereocenters. The molecule has 1 aromatic heterocycles. The quantitative estimate of drug-likeness (QED) is 0.597. The van der Waals surface area contributed by atoms with Gasteiger partial charge in [0, 0.05) is 5.56 Å². The van der Waals surface area contributed by atoms with Crippen LogP contribution in [0.25, 0.3) is 11.1 Å². The van der Waals surface area contributed by atoms with Crippen LogP contribution in [-0.4, -0.2) is 16.1 Å². The summed E-state index contributed by atoms with van der Waals surface area (Å²) in [5.41, 5.74) is 4.82. The van der Waals surface area contributed by atoms with Gasteiger partial charge in [0.2, 0.25) is 0 Å². The lowest BCUT2D eigenvalue weighted by molar-refractivity contribution is 0.0690. The number of hydrogen-bond acceptors (Lipinski definition) is 3. The number of carbonyl (C=O) groups is 1. The number of allylic oxidation sites excluding steroid dienone is 2. The van der Waals surface area contributed by atoms with Crippen LogP contribution in [0.15, 0.2) is 66.7 Å². The van der Waals surface area contributed by atoms with Crippen molar-refractivity contribution in [3.05, 3.63) is 95.1 Å². The van der Waals surface area contributed by atoms with Gasteiger partial charge in [0.15, 0.2) is 0 Å². The third-order valence-electron chi connectivity index (χ3n) is 5.02. The van der Waals surface area contributed by atoms with Gasteiger partial charge in [-0.15, -0.1) is 0 Å². The predicted molar refractivity (Wildman–Crippen MR) is 109 cm³/mol. The van der Waals surface area contributed by atoms with Crippen molar-refractivity contribution in [2.75, 3.05) is 0 Å². The highest BCUT2D eigenvalue weighted by molar-refractivity contribution is 5.94. The highest BCUT2D eigenvalue weighted by atomic mass is 19.1. The molecular weight excluding hydrogens is 369 g/mol. The zero-order valence-corrected chi connectivity index (χ0v) is 15.8. The summed E-state index contributed by atoms with van der Waals surface area (Å²) in [5, 5.41) is 9.25. The number of benzene rings is 2. The second-order valence-electron chi connectivity index (χ2n) is 6.94. The third-order valence-corrected chi connectivity index (χ3v) is 5.02. The second kappa shape index (κ2) is 8.27. The van der Waals surface area contributed by atoms with Crippen LogP contribution in [0.3, 0.4) is 0 Å². The van der Waals surface area contributed by atoms with E-state index in [0.717, 1.165) is 47.3 Å². The van der Waals surface area contributed by atoms with E-state index >= 15 is 0 Å². The first-order valence-electron chi connectivity index (χ1n) is 9.51. The fraction of sp³-hybridized carbons (Fsp3) is 0.167. The van der Waals surface area contributed by atoms with Crippen LogP contribution in [0.1, 0.15) is 46.6 Å². The molecule has 1 aliphatic rings. The van der Waals surface area contributed by atoms with E-state index in [0.29, 0.717) is 12.3 Å². The van der Waals surface area contributed by atoms with Crippen molar-refractivity contribution < 1.29 is 19.0 Å². The Labute approximate surface area is 168 Å². The van der Waals surface area contributed by atoms with E-state index in [9.17, 15) is 14.3 Å². The van der Waals surface area contributed by atoms with Crippen LogP contribution in [0.5, 0.6) is 5.75 Å². The molecule has 1 aliphatic carbocycles. The number of rotatable bonds is 6. The van der Waals surface area contributed by atoms with Gasteiger partial charge in [0.25, 0.3) is 0 Å². The minimum absolute atomic E-state index is 0.0436. The maximum atomic E-state index is 13.1. The number of ether oxygens (including phenoxy) is 1. The summed E-state index contributed by atoms with van der Waals surface area (Å²) in [5.74, 6) is -0.554. The number of pyridine rings is 1. The van der Waals surface area contributed by atoms with Gasteiger partial charge in [-0.3, -0.25) is 0 Å². The SMILES string of the molecule is O=C(O)c1cccc(C2=C(c3ccccc3OCc3ccc(F)cc3)CCC2)n1. The Hall–Kier alpha value is -3.47. The standard InChI is InChI=1S/C24H20FNO3/c25-17-13-11-16(12-14-17)15-29-23-10-2-1-5-20(23)18-6-3-7-19(18)21-8-4-9-22(26-21)24(27)28/h1-2,4-5,8-14H,3,6-7,15H2,(H,27,28). The first kappa shape index (κ1) is 18.9. The summed E-state index contributed by atoms with van der Waals surface area (Å²) in [6.07, 6.45) is 2.71. The highest BCUT2D eigenvalue weighted by Gasteiger charge is 2.22. The van der Waals surface area contributed by atoms with Crippen molar-refractivity contribution in [3.8, 4) is 5.75 Å². The lowest BCUT2D eigenvalue weighted by atomic mass is 9.99. The Bertz CT molecular complexity index is 1070. The van der Waals surface area contributed by atoms with Gasteiger partial charge in [-0.25, -0.2) is 14.2 Å². The van der Waals surface area contributed by atoms with Gasteiger partial charge < -0.3 is 9.84 Å². The Kier molecular flexibility index (Phi) is 5.38. The lowest BCUT2D eigenvalue weighted by Gasteiger charge is -2.14. The number of halogens is 1. The fourth-order valence-corrected chi connectivity index (χ4v) is 3.63. The highest BCUT2D eigenvalue weighted by Crippen LogP contribution is 2.42. The normalized spacial score (nSPS) is 13.6. The van der Waals surface area contributed by atoms with Crippen LogP contribution >= 0.6 is 0 Å². The monoisotopic (exact) mass is 389 g/mol. The van der Waals surface area contributed by atoms with Crippen molar-refractivity contribution in [1.82, 2.24) is 4.98 Å². The Morgan fingerprint density at radius 2 is 1.72 bits per heavy atom. The molecule has 4 rings (SSSR count). The maximum Gasteiger partial charge on any atom is 0.354 e. The molecule has 0 unspecified atom stereocenters. The number of aromatic carboxylic acids is 1. The zero-order chi connectivity index (χ0) is 20.2. The molecule has 0 fully saturated rings. The van der Waals surface area contributed by atoms with Gasteiger partial charge in [0.05, 0.1) is 5.69 Å². The molecule has 0 amide bonds. The molecule has 0 radical (unpaired) electrons. The predicted octanol–water partition coefficient (Wildman–Crippen LogP) is 5.59. The third kappa shape index (κ3) is 4.19. The van der Waals surface area contributed by atoms with Crippen molar-refractivity contribution in [1.29, 1.82) is 0 Å². The summed E-state index contributed by atoms with van der Waals surface area (Å²) in [4.78, 5) is 15.6. The topological polar surface area (TPSA) is 59.4 Å². The van der Waals surface area contributed by atoms with E-state index < -0.39 is 5.97 Å². The molecular formula is C24H20FNO3. The van der Waals surface area contributed by atoms with Gasteiger partial charge >= 0.3 is 5.97 Å². The smallest absolute Gasteiger partial charge is 0.354 e. The second-order valence-corrected chi connectivity index (χ2v) is 6.94. The number of carboxylic acid groups (broad SMARTS) is 1. The molecule has 2 aromatic carbocycles. The average molecular weight is 389 g/mol. The van der Waals surface area contributed by atoms with Crippen LogP contribution in [0, 0.1) is 5.82 Å². The van der Waals surface area contributed by atoms with E-state index in [1.165, 1.54) is 18.2 Å². The number of para-hydroxylation sites is 1. The van der Waals surface area contributed by atoms with E-state index in [1.54, 1.807) is 18.2 Å². The number of carboxylic acids is 1. The molecule has 4 nitrogen and oxygen atoms in total. The fourth-order valence-electron chi connectivity index (χ4n) is 3.63. The van der Waals surface area contributed by atoms with Crippen molar-refractivity contribution in [3.63, 3.8) is 0 Å². The van der Waals surface area contributed by atoms with Gasteiger partial charge in [-0.1, -0.05) is 36.4 Å². The molecule has 1 heterocycles.